The van der Waals surface area contributed by atoms with Gasteiger partial charge in [-0.05, 0) is 43.9 Å². The van der Waals surface area contributed by atoms with E-state index in [0.717, 1.165) is 0 Å². The van der Waals surface area contributed by atoms with Crippen molar-refractivity contribution in [2.75, 3.05) is 24.6 Å². The summed E-state index contributed by atoms with van der Waals surface area (Å²) < 4.78 is 12.3. The van der Waals surface area contributed by atoms with Crippen molar-refractivity contribution in [3.8, 4) is 0 Å². The molecular weight excluding hydrogens is 610 g/mol. The molecule has 0 unspecified atom stereocenters. The van der Waals surface area contributed by atoms with Gasteiger partial charge in [-0.3, -0.25) is 19.2 Å². The minimum atomic E-state index is -1.34. The van der Waals surface area contributed by atoms with Gasteiger partial charge in [0.2, 0.25) is 11.8 Å². The molecule has 11 heteroatoms. The second kappa shape index (κ2) is 14.2. The average Bonchev–Trinajstić information content (AvgIpc) is 3.70. The Kier molecular flexibility index (Phi) is 10.3. The predicted molar refractivity (Wildman–Crippen MR) is 173 cm³/mol. The van der Waals surface area contributed by atoms with Gasteiger partial charge < -0.3 is 29.7 Å². The Morgan fingerprint density at radius 1 is 1.17 bits per heavy atom. The first-order valence-electron chi connectivity index (χ1n) is 15.6. The van der Waals surface area contributed by atoms with E-state index in [4.69, 9.17) is 21.1 Å². The van der Waals surface area contributed by atoms with E-state index in [9.17, 15) is 24.3 Å². The highest BCUT2D eigenvalue weighted by Gasteiger charge is 2.76. The van der Waals surface area contributed by atoms with Crippen LogP contribution in [0.15, 0.2) is 79.9 Å². The molecule has 244 valence electrons. The minimum Gasteiger partial charge on any atom is -0.460 e. The fourth-order valence-electron chi connectivity index (χ4n) is 7.16. The third kappa shape index (κ3) is 6.09. The summed E-state index contributed by atoms with van der Waals surface area (Å²) >= 11 is 6.56. The van der Waals surface area contributed by atoms with Crippen molar-refractivity contribution in [1.82, 2.24) is 10.2 Å². The lowest BCUT2D eigenvalue weighted by Crippen LogP contribution is -2.57. The molecule has 3 aliphatic heterocycles. The Bertz CT molecular complexity index is 1490. The third-order valence-electron chi connectivity index (χ3n) is 9.14. The summed E-state index contributed by atoms with van der Waals surface area (Å²) in [6, 6.07) is 13.8. The molecule has 3 heterocycles. The fourth-order valence-corrected chi connectivity index (χ4v) is 7.39. The SMILES string of the molecule is C=CCCC(=O)NC[C@@H](C)OC(=O)[C@@H]1[C@H]2C(=O)N([C@H](CO)c3ccccc3)[C@H](C(=O)N(CC=C)c3ccccc3Cl)[C@]23CC[C@H]1O3. The first-order chi connectivity index (χ1) is 22.2. The van der Waals surface area contributed by atoms with Gasteiger partial charge >= 0.3 is 5.97 Å². The standard InChI is InChI=1S/C35H40ClN3O7/c1-4-6-16-28(41)37-20-22(3)45-34(44)29-27-17-18-35(46-27)30(29)32(42)39(26(21-40)23-12-8-7-9-13-23)31(35)33(43)38(19-5-2)25-15-11-10-14-24(25)36/h4-5,7-15,22,26-27,29-31,40H,1-2,6,16-21H2,3H3,(H,37,41)/t22-,26-,27-,29+,30+,31-,35+/m1/s1. The number of carbonyl (C=O) groups excluding carboxylic acids is 4. The molecule has 3 amide bonds. The number of fused-ring (bicyclic) bond motifs is 1. The quantitative estimate of drug-likeness (QED) is 0.234. The molecule has 3 saturated heterocycles. The summed E-state index contributed by atoms with van der Waals surface area (Å²) in [5.41, 5.74) is -0.267. The van der Waals surface area contributed by atoms with E-state index in [1.165, 1.54) is 9.80 Å². The number of halogens is 1. The molecule has 0 saturated carbocycles. The number of hydrogen-bond donors (Lipinski definition) is 2. The normalized spacial score (nSPS) is 25.8. The van der Waals surface area contributed by atoms with Gasteiger partial charge in [-0.1, -0.05) is 66.2 Å². The summed E-state index contributed by atoms with van der Waals surface area (Å²) in [7, 11) is 0. The number of esters is 1. The molecule has 1 spiro atoms. The van der Waals surface area contributed by atoms with E-state index in [1.54, 1.807) is 67.6 Å². The predicted octanol–water partition coefficient (Wildman–Crippen LogP) is 3.98. The van der Waals surface area contributed by atoms with Crippen LogP contribution >= 0.6 is 11.6 Å². The third-order valence-corrected chi connectivity index (χ3v) is 9.46. The Balaban J connectivity index is 1.50. The number of carbonyl (C=O) groups is 4. The number of aliphatic hydroxyl groups is 1. The van der Waals surface area contributed by atoms with E-state index in [0.29, 0.717) is 35.5 Å². The van der Waals surface area contributed by atoms with Crippen molar-refractivity contribution < 1.29 is 33.8 Å². The molecule has 0 radical (unpaired) electrons. The molecule has 10 nitrogen and oxygen atoms in total. The maximum absolute atomic E-state index is 14.8. The van der Waals surface area contributed by atoms with Crippen LogP contribution in [0.5, 0.6) is 0 Å². The van der Waals surface area contributed by atoms with Crippen LogP contribution in [-0.4, -0.2) is 77.2 Å². The number of nitrogens with zero attached hydrogens (tertiary/aromatic N) is 2. The zero-order chi connectivity index (χ0) is 33.0. The summed E-state index contributed by atoms with van der Waals surface area (Å²) in [4.78, 5) is 58.1. The van der Waals surface area contributed by atoms with Crippen molar-refractivity contribution in [1.29, 1.82) is 0 Å². The maximum Gasteiger partial charge on any atom is 0.312 e. The van der Waals surface area contributed by atoms with Crippen molar-refractivity contribution in [2.45, 2.75) is 62.5 Å². The van der Waals surface area contributed by atoms with Crippen LogP contribution in [0.4, 0.5) is 5.69 Å². The summed E-state index contributed by atoms with van der Waals surface area (Å²) in [6.07, 6.45) is 3.53. The second-order valence-corrected chi connectivity index (χ2v) is 12.4. The van der Waals surface area contributed by atoms with Gasteiger partial charge in [0.15, 0.2) is 0 Å². The van der Waals surface area contributed by atoms with Crippen LogP contribution < -0.4 is 10.2 Å². The molecule has 3 fully saturated rings. The van der Waals surface area contributed by atoms with Gasteiger partial charge in [-0.25, -0.2) is 0 Å². The zero-order valence-corrected chi connectivity index (χ0v) is 26.6. The monoisotopic (exact) mass is 649 g/mol. The fraction of sp³-hybridized carbons (Fsp3) is 0.429. The number of para-hydroxylation sites is 1. The Morgan fingerprint density at radius 2 is 1.89 bits per heavy atom. The highest BCUT2D eigenvalue weighted by Crippen LogP contribution is 2.60. The van der Waals surface area contributed by atoms with Crippen molar-refractivity contribution in [3.63, 3.8) is 0 Å². The minimum absolute atomic E-state index is 0.0991. The number of aliphatic hydroxyl groups excluding tert-OH is 1. The van der Waals surface area contributed by atoms with Gasteiger partial charge in [-0.15, -0.1) is 13.2 Å². The highest BCUT2D eigenvalue weighted by atomic mass is 35.5. The Labute approximate surface area is 274 Å². The molecule has 0 aromatic heterocycles. The Morgan fingerprint density at radius 3 is 2.57 bits per heavy atom. The number of allylic oxidation sites excluding steroid dienone is 1. The topological polar surface area (TPSA) is 125 Å². The first-order valence-corrected chi connectivity index (χ1v) is 16.0. The largest absolute Gasteiger partial charge is 0.460 e. The van der Waals surface area contributed by atoms with E-state index >= 15 is 0 Å². The summed E-state index contributed by atoms with van der Waals surface area (Å²) in [6.45, 7) is 8.85. The van der Waals surface area contributed by atoms with Gasteiger partial charge in [0.05, 0.1) is 47.8 Å². The number of ether oxygens (including phenoxy) is 2. The van der Waals surface area contributed by atoms with Crippen LogP contribution in [0.1, 0.15) is 44.2 Å². The molecule has 2 bridgehead atoms. The molecule has 2 aromatic carbocycles. The van der Waals surface area contributed by atoms with E-state index in [1.807, 2.05) is 6.07 Å². The number of amides is 3. The lowest BCUT2D eigenvalue weighted by Gasteiger charge is -2.39. The lowest BCUT2D eigenvalue weighted by molar-refractivity contribution is -0.159. The van der Waals surface area contributed by atoms with Crippen molar-refractivity contribution >= 4 is 41.0 Å². The smallest absolute Gasteiger partial charge is 0.312 e. The molecule has 2 aromatic rings. The first kappa shape index (κ1) is 33.4. The van der Waals surface area contributed by atoms with Crippen LogP contribution in [0, 0.1) is 11.8 Å². The van der Waals surface area contributed by atoms with Crippen LogP contribution in [0.2, 0.25) is 5.02 Å². The van der Waals surface area contributed by atoms with Crippen LogP contribution in [0.3, 0.4) is 0 Å². The zero-order valence-electron chi connectivity index (χ0n) is 25.8. The average molecular weight is 650 g/mol. The number of hydrogen-bond acceptors (Lipinski definition) is 7. The van der Waals surface area contributed by atoms with Gasteiger partial charge in [0.25, 0.3) is 5.91 Å². The number of anilines is 1. The Hall–Kier alpha value is -3.99. The van der Waals surface area contributed by atoms with E-state index < -0.39 is 66.1 Å². The lowest BCUT2D eigenvalue weighted by atomic mass is 9.70. The van der Waals surface area contributed by atoms with Crippen LogP contribution in [0.25, 0.3) is 0 Å². The number of rotatable bonds is 14. The molecule has 5 rings (SSSR count). The van der Waals surface area contributed by atoms with Crippen molar-refractivity contribution in [3.05, 3.63) is 90.5 Å². The molecule has 3 aliphatic rings. The van der Waals surface area contributed by atoms with Crippen molar-refractivity contribution in [2.24, 2.45) is 11.8 Å². The number of nitrogens with one attached hydrogen (secondary N) is 1. The highest BCUT2D eigenvalue weighted by molar-refractivity contribution is 6.34. The molecule has 0 aliphatic carbocycles. The maximum atomic E-state index is 14.8. The molecule has 7 atom stereocenters. The van der Waals surface area contributed by atoms with Crippen LogP contribution in [-0.2, 0) is 28.7 Å². The molecule has 46 heavy (non-hydrogen) atoms. The van der Waals surface area contributed by atoms with E-state index in [-0.39, 0.29) is 25.4 Å². The number of likely N-dealkylation sites (tertiary alicyclic amines) is 1. The second-order valence-electron chi connectivity index (χ2n) is 12.0. The summed E-state index contributed by atoms with van der Waals surface area (Å²) in [5.74, 6) is -3.72. The van der Waals surface area contributed by atoms with Gasteiger partial charge in [-0.2, -0.15) is 0 Å². The van der Waals surface area contributed by atoms with Gasteiger partial charge in [0.1, 0.15) is 17.7 Å². The molecular formula is C35H40ClN3O7. The molecule has 2 N–H and O–H groups in total. The number of benzene rings is 2. The summed E-state index contributed by atoms with van der Waals surface area (Å²) in [5, 5.41) is 13.8. The van der Waals surface area contributed by atoms with Gasteiger partial charge in [0, 0.05) is 13.0 Å². The van der Waals surface area contributed by atoms with E-state index in [2.05, 4.69) is 18.5 Å².